The molecule has 10 heteroatoms. The van der Waals surface area contributed by atoms with Crippen molar-refractivity contribution in [1.29, 1.82) is 0 Å². The molecule has 5 aromatic rings. The molecule has 0 spiro atoms. The van der Waals surface area contributed by atoms with Crippen molar-refractivity contribution in [3.05, 3.63) is 105 Å². The van der Waals surface area contributed by atoms with Gasteiger partial charge in [-0.2, -0.15) is 4.72 Å². The first kappa shape index (κ1) is 26.3. The Hall–Kier alpha value is -3.92. The lowest BCUT2D eigenvalue weighted by Crippen LogP contribution is -2.44. The van der Waals surface area contributed by atoms with Gasteiger partial charge in [0.2, 0.25) is 10.0 Å². The van der Waals surface area contributed by atoms with Gasteiger partial charge in [-0.1, -0.05) is 47.5 Å². The number of sulfonamides is 1. The number of hydrogen-bond acceptors (Lipinski definition) is 6. The Labute approximate surface area is 235 Å². The highest BCUT2D eigenvalue weighted by atomic mass is 35.5. The van der Waals surface area contributed by atoms with Crippen LogP contribution in [0.1, 0.15) is 28.7 Å². The van der Waals surface area contributed by atoms with Crippen LogP contribution in [0.15, 0.2) is 81.0 Å². The number of H-pyrrole nitrogens is 1. The summed E-state index contributed by atoms with van der Waals surface area (Å²) in [6.07, 6.45) is 3.99. The van der Waals surface area contributed by atoms with Gasteiger partial charge in [0.1, 0.15) is 11.6 Å². The van der Waals surface area contributed by atoms with E-state index >= 15 is 0 Å². The number of carbonyl (C=O) groups is 1. The van der Waals surface area contributed by atoms with Crippen LogP contribution in [0.2, 0.25) is 5.02 Å². The zero-order chi connectivity index (χ0) is 28.0. The number of aryl methyl sites for hydroxylation is 2. The van der Waals surface area contributed by atoms with E-state index in [0.717, 1.165) is 40.4 Å². The number of hydrogen-bond donors (Lipinski definition) is 2. The molecule has 204 valence electrons. The molecule has 8 nitrogen and oxygen atoms in total. The van der Waals surface area contributed by atoms with Crippen molar-refractivity contribution in [2.75, 3.05) is 0 Å². The lowest BCUT2D eigenvalue weighted by Gasteiger charge is -2.18. The molecule has 1 aliphatic rings. The Morgan fingerprint density at radius 3 is 2.62 bits per heavy atom. The third-order valence-corrected chi connectivity index (χ3v) is 9.03. The fraction of sp³-hybridized carbons (Fsp3) is 0.200. The minimum atomic E-state index is -4.08. The Balaban J connectivity index is 1.35. The van der Waals surface area contributed by atoms with Gasteiger partial charge in [-0.15, -0.1) is 0 Å². The molecule has 2 N–H and O–H groups in total. The van der Waals surface area contributed by atoms with Crippen molar-refractivity contribution in [3.8, 4) is 5.75 Å². The van der Waals surface area contributed by atoms with Crippen LogP contribution in [-0.2, 0) is 34.1 Å². The fourth-order valence-electron chi connectivity index (χ4n) is 5.21. The van der Waals surface area contributed by atoms with Crippen LogP contribution in [0.3, 0.4) is 0 Å². The zero-order valence-corrected chi connectivity index (χ0v) is 23.1. The summed E-state index contributed by atoms with van der Waals surface area (Å²) in [5, 5.41) is 1.71. The SMILES string of the molecule is Cc1ccc(S(=O)(=O)NC(Cc2c[nH]c3ccccc23)C(=O)Oc2cc3oc(=O)c4c(c3cc2Cl)CCC4)cc1. The van der Waals surface area contributed by atoms with Gasteiger partial charge < -0.3 is 14.1 Å². The molecule has 1 aliphatic carbocycles. The van der Waals surface area contributed by atoms with Gasteiger partial charge >= 0.3 is 11.6 Å². The predicted molar refractivity (Wildman–Crippen MR) is 152 cm³/mol. The first-order valence-electron chi connectivity index (χ1n) is 12.8. The highest BCUT2D eigenvalue weighted by Gasteiger charge is 2.30. The van der Waals surface area contributed by atoms with Crippen molar-refractivity contribution in [2.24, 2.45) is 0 Å². The second kappa shape index (κ2) is 10.2. The van der Waals surface area contributed by atoms with E-state index < -0.39 is 27.7 Å². The highest BCUT2D eigenvalue weighted by Crippen LogP contribution is 2.35. The Bertz CT molecular complexity index is 1940. The third-order valence-electron chi connectivity index (χ3n) is 7.25. The first-order chi connectivity index (χ1) is 19.2. The smallest absolute Gasteiger partial charge is 0.339 e. The largest absolute Gasteiger partial charge is 0.424 e. The quantitative estimate of drug-likeness (QED) is 0.156. The molecule has 6 rings (SSSR count). The predicted octanol–water partition coefficient (Wildman–Crippen LogP) is 5.22. The second-order valence-corrected chi connectivity index (χ2v) is 12.1. The number of para-hydroxylation sites is 1. The molecule has 0 bridgehead atoms. The summed E-state index contributed by atoms with van der Waals surface area (Å²) in [7, 11) is -4.08. The van der Waals surface area contributed by atoms with Crippen LogP contribution in [0.4, 0.5) is 0 Å². The van der Waals surface area contributed by atoms with Crippen molar-refractivity contribution in [3.63, 3.8) is 0 Å². The van der Waals surface area contributed by atoms with Crippen LogP contribution >= 0.6 is 11.6 Å². The summed E-state index contributed by atoms with van der Waals surface area (Å²) in [5.74, 6) is -0.885. The Kier molecular flexibility index (Phi) is 6.74. The number of ether oxygens (including phenoxy) is 1. The van der Waals surface area contributed by atoms with Crippen molar-refractivity contribution in [1.82, 2.24) is 9.71 Å². The summed E-state index contributed by atoms with van der Waals surface area (Å²) in [6.45, 7) is 1.85. The van der Waals surface area contributed by atoms with Gasteiger partial charge in [0.05, 0.1) is 9.92 Å². The van der Waals surface area contributed by atoms with E-state index in [1.165, 1.54) is 18.2 Å². The van der Waals surface area contributed by atoms with Gasteiger partial charge in [-0.3, -0.25) is 0 Å². The van der Waals surface area contributed by atoms with E-state index in [-0.39, 0.29) is 27.7 Å². The molecule has 1 atom stereocenters. The molecule has 2 heterocycles. The monoisotopic (exact) mass is 576 g/mol. The summed E-state index contributed by atoms with van der Waals surface area (Å²) < 4.78 is 40.3. The van der Waals surface area contributed by atoms with E-state index in [1.807, 2.05) is 31.2 Å². The van der Waals surface area contributed by atoms with Gasteiger partial charge in [-0.25, -0.2) is 18.0 Å². The van der Waals surface area contributed by atoms with E-state index in [0.29, 0.717) is 17.4 Å². The van der Waals surface area contributed by atoms with Crippen molar-refractivity contribution >= 4 is 49.5 Å². The molecule has 0 aliphatic heterocycles. The second-order valence-electron chi connectivity index (χ2n) is 9.95. The third kappa shape index (κ3) is 4.92. The number of esters is 1. The van der Waals surface area contributed by atoms with Gasteiger partial charge in [0.15, 0.2) is 5.75 Å². The maximum absolute atomic E-state index is 13.6. The van der Waals surface area contributed by atoms with Crippen LogP contribution < -0.4 is 15.1 Å². The lowest BCUT2D eigenvalue weighted by atomic mass is 10.1. The standard InChI is InChI=1S/C30H25ClN2O6S/c1-17-9-11-19(12-10-17)40(36,37)33-26(13-18-16-32-25-8-3-2-5-20(18)25)30(35)39-28-15-27-23(14-24(28)31)21-6-4-7-22(21)29(34)38-27/h2-3,5,8-12,14-16,26,32-33H,4,6-7,13H2,1H3. The Morgan fingerprint density at radius 2 is 1.82 bits per heavy atom. The highest BCUT2D eigenvalue weighted by molar-refractivity contribution is 7.89. The van der Waals surface area contributed by atoms with E-state index in [4.69, 9.17) is 20.8 Å². The molecular formula is C30H25ClN2O6S. The van der Waals surface area contributed by atoms with E-state index in [1.54, 1.807) is 24.4 Å². The molecule has 0 saturated heterocycles. The first-order valence-corrected chi connectivity index (χ1v) is 14.7. The summed E-state index contributed by atoms with van der Waals surface area (Å²) >= 11 is 6.52. The molecule has 1 unspecified atom stereocenters. The lowest BCUT2D eigenvalue weighted by molar-refractivity contribution is -0.136. The maximum atomic E-state index is 13.6. The summed E-state index contributed by atoms with van der Waals surface area (Å²) in [5.41, 5.74) is 3.87. The van der Waals surface area contributed by atoms with E-state index in [2.05, 4.69) is 9.71 Å². The average Bonchev–Trinajstić information content (AvgIpc) is 3.58. The number of benzene rings is 3. The summed E-state index contributed by atoms with van der Waals surface area (Å²) in [6, 6.07) is 15.6. The van der Waals surface area contributed by atoms with Crippen LogP contribution in [0, 0.1) is 6.92 Å². The normalized spacial score (nSPS) is 13.9. The number of rotatable bonds is 7. The molecular weight excluding hydrogens is 552 g/mol. The number of aromatic nitrogens is 1. The minimum absolute atomic E-state index is 0.0156. The maximum Gasteiger partial charge on any atom is 0.339 e. The zero-order valence-electron chi connectivity index (χ0n) is 21.5. The van der Waals surface area contributed by atoms with Crippen molar-refractivity contribution < 1.29 is 22.4 Å². The molecule has 0 fully saturated rings. The Morgan fingerprint density at radius 1 is 1.07 bits per heavy atom. The minimum Gasteiger partial charge on any atom is -0.424 e. The number of aromatic amines is 1. The molecule has 40 heavy (non-hydrogen) atoms. The number of halogens is 1. The number of nitrogens with one attached hydrogen (secondary N) is 2. The number of carbonyl (C=O) groups excluding carboxylic acids is 1. The molecule has 0 saturated carbocycles. The van der Waals surface area contributed by atoms with Crippen LogP contribution in [-0.4, -0.2) is 25.4 Å². The van der Waals surface area contributed by atoms with Gasteiger partial charge in [0.25, 0.3) is 0 Å². The molecule has 0 radical (unpaired) electrons. The van der Waals surface area contributed by atoms with E-state index in [9.17, 15) is 18.0 Å². The molecule has 3 aromatic carbocycles. The summed E-state index contributed by atoms with van der Waals surface area (Å²) in [4.78, 5) is 29.2. The molecule has 2 aromatic heterocycles. The van der Waals surface area contributed by atoms with Gasteiger partial charge in [0, 0.05) is 40.5 Å². The van der Waals surface area contributed by atoms with Crippen LogP contribution in [0.5, 0.6) is 5.75 Å². The van der Waals surface area contributed by atoms with Crippen molar-refractivity contribution in [2.45, 2.75) is 43.5 Å². The number of fused-ring (bicyclic) bond motifs is 4. The molecule has 0 amide bonds. The fourth-order valence-corrected chi connectivity index (χ4v) is 6.59. The average molecular weight is 577 g/mol. The van der Waals surface area contributed by atoms with Gasteiger partial charge in [-0.05, 0) is 61.6 Å². The van der Waals surface area contributed by atoms with Crippen LogP contribution in [0.25, 0.3) is 21.9 Å². The topological polar surface area (TPSA) is 118 Å².